The van der Waals surface area contributed by atoms with Crippen LogP contribution in [0, 0.1) is 0 Å². The minimum Gasteiger partial charge on any atom is -0.348 e. The van der Waals surface area contributed by atoms with Crippen molar-refractivity contribution in [2.24, 2.45) is 0 Å². The van der Waals surface area contributed by atoms with Crippen molar-refractivity contribution in [3.63, 3.8) is 0 Å². The van der Waals surface area contributed by atoms with Crippen LogP contribution in [0.25, 0.3) is 10.8 Å². The predicted octanol–water partition coefficient (Wildman–Crippen LogP) is 2.08. The van der Waals surface area contributed by atoms with Gasteiger partial charge in [0.05, 0.1) is 5.69 Å². The van der Waals surface area contributed by atoms with E-state index in [1.54, 1.807) is 20.2 Å². The Morgan fingerprint density at radius 3 is 2.23 bits per heavy atom. The number of carbonyl (C=O) groups excluding carboxylic acids is 1. The number of hydrogen-bond acceptors (Lipinski definition) is 3. The quantitative estimate of drug-likeness (QED) is 0.866. The first-order chi connectivity index (χ1) is 10.3. The third-order valence-electron chi connectivity index (χ3n) is 3.72. The van der Waals surface area contributed by atoms with Crippen LogP contribution in [-0.4, -0.2) is 45.6 Å². The maximum atomic E-state index is 12.7. The molecule has 0 radical (unpaired) electrons. The molecule has 0 aromatic heterocycles. The van der Waals surface area contributed by atoms with E-state index in [1.807, 2.05) is 36.4 Å². The van der Waals surface area contributed by atoms with Crippen LogP contribution in [0.1, 0.15) is 6.92 Å². The lowest BCUT2D eigenvalue weighted by Gasteiger charge is -2.26. The second-order valence-electron chi connectivity index (χ2n) is 5.39. The standard InChI is InChI=1S/C16H20N2O3S/c1-12(16(19)17(2)3)22(20,21)18(4)15-11-7-9-13-8-5-6-10-14(13)15/h5-12H,1-4H3. The molecule has 0 aliphatic rings. The van der Waals surface area contributed by atoms with Crippen LogP contribution < -0.4 is 4.31 Å². The Morgan fingerprint density at radius 2 is 1.59 bits per heavy atom. The number of benzene rings is 2. The van der Waals surface area contributed by atoms with E-state index in [4.69, 9.17) is 0 Å². The first-order valence-electron chi connectivity index (χ1n) is 6.93. The van der Waals surface area contributed by atoms with E-state index in [1.165, 1.54) is 23.2 Å². The van der Waals surface area contributed by atoms with Gasteiger partial charge in [0.25, 0.3) is 0 Å². The topological polar surface area (TPSA) is 57.7 Å². The van der Waals surface area contributed by atoms with Crippen LogP contribution in [0.4, 0.5) is 5.69 Å². The van der Waals surface area contributed by atoms with Gasteiger partial charge < -0.3 is 4.90 Å². The summed E-state index contributed by atoms with van der Waals surface area (Å²) in [5.41, 5.74) is 0.566. The maximum absolute atomic E-state index is 12.7. The van der Waals surface area contributed by atoms with Gasteiger partial charge in [0.1, 0.15) is 0 Å². The van der Waals surface area contributed by atoms with Gasteiger partial charge in [-0.25, -0.2) is 8.42 Å². The molecule has 2 aromatic carbocycles. The normalized spacial score (nSPS) is 12.9. The Labute approximate surface area is 131 Å². The average molecular weight is 320 g/mol. The molecule has 0 spiro atoms. The fourth-order valence-corrected chi connectivity index (χ4v) is 3.72. The summed E-state index contributed by atoms with van der Waals surface area (Å²) in [5.74, 6) is -0.438. The van der Waals surface area contributed by atoms with Crippen molar-refractivity contribution in [3.05, 3.63) is 42.5 Å². The van der Waals surface area contributed by atoms with Crippen molar-refractivity contribution < 1.29 is 13.2 Å². The summed E-state index contributed by atoms with van der Waals surface area (Å²) in [6.45, 7) is 1.42. The summed E-state index contributed by atoms with van der Waals surface area (Å²) < 4.78 is 26.6. The van der Waals surface area contributed by atoms with Crippen LogP contribution in [-0.2, 0) is 14.8 Å². The fraction of sp³-hybridized carbons (Fsp3) is 0.312. The van der Waals surface area contributed by atoms with Gasteiger partial charge in [-0.2, -0.15) is 0 Å². The van der Waals surface area contributed by atoms with Crippen molar-refractivity contribution in [1.82, 2.24) is 4.90 Å². The number of sulfonamides is 1. The Balaban J connectivity index is 2.50. The summed E-state index contributed by atoms with van der Waals surface area (Å²) in [4.78, 5) is 13.3. The highest BCUT2D eigenvalue weighted by molar-refractivity contribution is 7.94. The molecule has 0 saturated carbocycles. The molecule has 0 aliphatic carbocycles. The molecule has 2 aromatic rings. The predicted molar refractivity (Wildman–Crippen MR) is 89.4 cm³/mol. The number of fused-ring (bicyclic) bond motifs is 1. The molecule has 5 nitrogen and oxygen atoms in total. The van der Waals surface area contributed by atoms with Gasteiger partial charge in [-0.05, 0) is 18.4 Å². The van der Waals surface area contributed by atoms with E-state index in [9.17, 15) is 13.2 Å². The highest BCUT2D eigenvalue weighted by Gasteiger charge is 2.33. The zero-order valence-corrected chi connectivity index (χ0v) is 14.0. The van der Waals surface area contributed by atoms with E-state index in [0.717, 1.165) is 10.8 Å². The number of hydrogen-bond donors (Lipinski definition) is 0. The fourth-order valence-electron chi connectivity index (χ4n) is 2.35. The lowest BCUT2D eigenvalue weighted by Crippen LogP contribution is -2.43. The van der Waals surface area contributed by atoms with Crippen LogP contribution in [0.2, 0.25) is 0 Å². The van der Waals surface area contributed by atoms with Gasteiger partial charge in [0.15, 0.2) is 5.25 Å². The number of amides is 1. The maximum Gasteiger partial charge on any atom is 0.246 e. The third kappa shape index (κ3) is 2.78. The van der Waals surface area contributed by atoms with Gasteiger partial charge in [-0.15, -0.1) is 0 Å². The molecular weight excluding hydrogens is 300 g/mol. The number of rotatable bonds is 4. The number of nitrogens with zero attached hydrogens (tertiary/aromatic N) is 2. The SMILES string of the molecule is CC(C(=O)N(C)C)S(=O)(=O)N(C)c1cccc2ccccc12. The molecule has 22 heavy (non-hydrogen) atoms. The highest BCUT2D eigenvalue weighted by Crippen LogP contribution is 2.28. The van der Waals surface area contributed by atoms with E-state index in [-0.39, 0.29) is 0 Å². The molecule has 0 heterocycles. The van der Waals surface area contributed by atoms with Crippen molar-refractivity contribution >= 4 is 32.4 Å². The second kappa shape index (κ2) is 5.96. The van der Waals surface area contributed by atoms with Crippen molar-refractivity contribution in [3.8, 4) is 0 Å². The number of carbonyl (C=O) groups is 1. The molecule has 118 valence electrons. The Hall–Kier alpha value is -2.08. The molecule has 0 fully saturated rings. The first-order valence-corrected chi connectivity index (χ1v) is 8.44. The summed E-state index contributed by atoms with van der Waals surface area (Å²) in [6.07, 6.45) is 0. The molecule has 0 bridgehead atoms. The average Bonchev–Trinajstić information content (AvgIpc) is 2.51. The second-order valence-corrected chi connectivity index (χ2v) is 7.67. The summed E-state index contributed by atoms with van der Waals surface area (Å²) >= 11 is 0. The lowest BCUT2D eigenvalue weighted by molar-refractivity contribution is -0.127. The van der Waals surface area contributed by atoms with Gasteiger partial charge in [-0.3, -0.25) is 9.10 Å². The minimum absolute atomic E-state index is 0.438. The van der Waals surface area contributed by atoms with Crippen LogP contribution in [0.3, 0.4) is 0 Å². The van der Waals surface area contributed by atoms with Crippen LogP contribution in [0.15, 0.2) is 42.5 Å². The van der Waals surface area contributed by atoms with Crippen LogP contribution >= 0.6 is 0 Å². The molecular formula is C16H20N2O3S. The lowest BCUT2D eigenvalue weighted by atomic mass is 10.1. The molecule has 6 heteroatoms. The molecule has 1 atom stereocenters. The molecule has 2 rings (SSSR count). The van der Waals surface area contributed by atoms with E-state index < -0.39 is 21.2 Å². The molecule has 0 N–H and O–H groups in total. The highest BCUT2D eigenvalue weighted by atomic mass is 32.2. The molecule has 1 unspecified atom stereocenters. The third-order valence-corrected chi connectivity index (χ3v) is 5.78. The molecule has 0 aliphatic heterocycles. The van der Waals surface area contributed by atoms with Crippen LogP contribution in [0.5, 0.6) is 0 Å². The Kier molecular flexibility index (Phi) is 4.42. The van der Waals surface area contributed by atoms with Gasteiger partial charge in [-0.1, -0.05) is 36.4 Å². The Bertz CT molecular complexity index is 795. The summed E-state index contributed by atoms with van der Waals surface area (Å²) in [7, 11) is 0.793. The van der Waals surface area contributed by atoms with E-state index in [0.29, 0.717) is 5.69 Å². The monoisotopic (exact) mass is 320 g/mol. The summed E-state index contributed by atoms with van der Waals surface area (Å²) in [5, 5.41) is 0.653. The van der Waals surface area contributed by atoms with E-state index >= 15 is 0 Å². The number of anilines is 1. The van der Waals surface area contributed by atoms with Gasteiger partial charge in [0, 0.05) is 26.5 Å². The largest absolute Gasteiger partial charge is 0.348 e. The van der Waals surface area contributed by atoms with E-state index in [2.05, 4.69) is 0 Å². The Morgan fingerprint density at radius 1 is 1.00 bits per heavy atom. The zero-order valence-electron chi connectivity index (χ0n) is 13.1. The zero-order chi connectivity index (χ0) is 16.5. The van der Waals surface area contributed by atoms with Crippen molar-refractivity contribution in [2.45, 2.75) is 12.2 Å². The smallest absolute Gasteiger partial charge is 0.246 e. The summed E-state index contributed by atoms with van der Waals surface area (Å²) in [6, 6.07) is 13.0. The van der Waals surface area contributed by atoms with Crippen molar-refractivity contribution in [2.75, 3.05) is 25.4 Å². The molecule has 1 amide bonds. The van der Waals surface area contributed by atoms with Crippen molar-refractivity contribution in [1.29, 1.82) is 0 Å². The van der Waals surface area contributed by atoms with Gasteiger partial charge >= 0.3 is 0 Å². The minimum atomic E-state index is -3.79. The first kappa shape index (κ1) is 16.3. The molecule has 0 saturated heterocycles. The van der Waals surface area contributed by atoms with Gasteiger partial charge in [0.2, 0.25) is 15.9 Å².